The predicted molar refractivity (Wildman–Crippen MR) is 103 cm³/mol. The molecule has 152 valence electrons. The van der Waals surface area contributed by atoms with E-state index < -0.39 is 35.6 Å². The normalized spacial score (nSPS) is 11.9. The van der Waals surface area contributed by atoms with Gasteiger partial charge in [-0.3, -0.25) is 19.4 Å². The fourth-order valence-corrected chi connectivity index (χ4v) is 4.28. The Bertz CT molecular complexity index is 1300. The third-order valence-corrected chi connectivity index (χ3v) is 6.24. The second-order valence-electron chi connectivity index (χ2n) is 5.96. The van der Waals surface area contributed by atoms with Crippen LogP contribution in [0.15, 0.2) is 69.0 Å². The number of hydrogen-bond donors (Lipinski definition) is 2. The SMILES string of the molecule is Cc1c(NS(=O)(=O)c2cccc([N+](=O)[O-])c2)cc(S(=O)(=O)O)cc1-c1ccco1. The van der Waals surface area contributed by atoms with Crippen LogP contribution in [0.3, 0.4) is 0 Å². The fourth-order valence-electron chi connectivity index (χ4n) is 2.60. The van der Waals surface area contributed by atoms with Crippen LogP contribution in [0.25, 0.3) is 11.3 Å². The van der Waals surface area contributed by atoms with Crippen molar-refractivity contribution in [1.29, 1.82) is 0 Å². The molecule has 3 rings (SSSR count). The summed E-state index contributed by atoms with van der Waals surface area (Å²) in [4.78, 5) is 9.24. The number of nitrogens with one attached hydrogen (secondary N) is 1. The molecule has 12 heteroatoms. The first-order valence-corrected chi connectivity index (χ1v) is 10.8. The van der Waals surface area contributed by atoms with E-state index in [0.717, 1.165) is 30.3 Å². The quantitative estimate of drug-likeness (QED) is 0.337. The summed E-state index contributed by atoms with van der Waals surface area (Å²) in [6.45, 7) is 1.52. The van der Waals surface area contributed by atoms with Crippen LogP contribution in [0.4, 0.5) is 11.4 Å². The molecule has 0 aliphatic rings. The molecule has 0 fully saturated rings. The van der Waals surface area contributed by atoms with Gasteiger partial charge in [-0.05, 0) is 42.8 Å². The first-order valence-electron chi connectivity index (χ1n) is 7.92. The number of furan rings is 1. The number of non-ortho nitro benzene ring substituents is 1. The Morgan fingerprint density at radius 2 is 1.76 bits per heavy atom. The summed E-state index contributed by atoms with van der Waals surface area (Å²) in [7, 11) is -8.96. The highest BCUT2D eigenvalue weighted by atomic mass is 32.2. The molecule has 0 saturated carbocycles. The topological polar surface area (TPSA) is 157 Å². The Labute approximate surface area is 165 Å². The Morgan fingerprint density at radius 1 is 1.03 bits per heavy atom. The van der Waals surface area contributed by atoms with Gasteiger partial charge in [-0.2, -0.15) is 8.42 Å². The van der Waals surface area contributed by atoms with Gasteiger partial charge in [-0.25, -0.2) is 8.42 Å². The minimum absolute atomic E-state index is 0.141. The molecule has 0 saturated heterocycles. The minimum Gasteiger partial charge on any atom is -0.464 e. The summed E-state index contributed by atoms with van der Waals surface area (Å²) in [6.07, 6.45) is 1.35. The zero-order valence-corrected chi connectivity index (χ0v) is 16.4. The molecule has 0 radical (unpaired) electrons. The van der Waals surface area contributed by atoms with Crippen molar-refractivity contribution in [2.75, 3.05) is 4.72 Å². The number of nitro benzene ring substituents is 1. The van der Waals surface area contributed by atoms with Gasteiger partial charge in [0.2, 0.25) is 0 Å². The first kappa shape index (κ1) is 20.5. The first-order chi connectivity index (χ1) is 13.5. The summed E-state index contributed by atoms with van der Waals surface area (Å²) in [6, 6.07) is 9.57. The number of nitro groups is 1. The summed E-state index contributed by atoms with van der Waals surface area (Å²) < 4.78 is 65.6. The van der Waals surface area contributed by atoms with Gasteiger partial charge in [0.05, 0.1) is 26.7 Å². The molecular weight excluding hydrogens is 424 g/mol. The van der Waals surface area contributed by atoms with Crippen LogP contribution in [0.1, 0.15) is 5.56 Å². The highest BCUT2D eigenvalue weighted by Gasteiger charge is 2.23. The molecular formula is C17H14N2O8S2. The standard InChI is InChI=1S/C17H14N2O8S2/c1-11-15(17-6-3-7-27-17)9-14(29(24,25)26)10-16(11)18-28(22,23)13-5-2-4-12(8-13)19(20)21/h2-10,18H,1H3,(H,24,25,26). The summed E-state index contributed by atoms with van der Waals surface area (Å²) in [5.74, 6) is 0.254. The molecule has 2 N–H and O–H groups in total. The second kappa shape index (κ2) is 7.31. The van der Waals surface area contributed by atoms with E-state index >= 15 is 0 Å². The molecule has 0 spiro atoms. The third-order valence-electron chi connectivity index (χ3n) is 4.05. The van der Waals surface area contributed by atoms with Crippen LogP contribution in [0.2, 0.25) is 0 Å². The molecule has 1 aromatic heterocycles. The lowest BCUT2D eigenvalue weighted by molar-refractivity contribution is -0.385. The number of hydrogen-bond acceptors (Lipinski definition) is 7. The maximum Gasteiger partial charge on any atom is 0.294 e. The number of anilines is 1. The van der Waals surface area contributed by atoms with Crippen LogP contribution in [-0.4, -0.2) is 26.3 Å². The van der Waals surface area contributed by atoms with Crippen LogP contribution < -0.4 is 4.72 Å². The third kappa shape index (κ3) is 4.29. The van der Waals surface area contributed by atoms with Crippen LogP contribution in [-0.2, 0) is 20.1 Å². The van der Waals surface area contributed by atoms with Crippen molar-refractivity contribution in [3.63, 3.8) is 0 Å². The van der Waals surface area contributed by atoms with Crippen molar-refractivity contribution in [1.82, 2.24) is 0 Å². The summed E-state index contributed by atoms with van der Waals surface area (Å²) in [5, 5.41) is 10.9. The molecule has 2 aromatic carbocycles. The summed E-state index contributed by atoms with van der Waals surface area (Å²) in [5.41, 5.74) is -0.00573. The van der Waals surface area contributed by atoms with E-state index in [1.54, 1.807) is 6.07 Å². The van der Waals surface area contributed by atoms with E-state index in [1.165, 1.54) is 25.3 Å². The van der Waals surface area contributed by atoms with E-state index in [9.17, 15) is 31.5 Å². The molecule has 0 bridgehead atoms. The Balaban J connectivity index is 2.14. The lowest BCUT2D eigenvalue weighted by atomic mass is 10.0. The highest BCUT2D eigenvalue weighted by Crippen LogP contribution is 2.33. The van der Waals surface area contributed by atoms with Crippen LogP contribution in [0.5, 0.6) is 0 Å². The van der Waals surface area contributed by atoms with E-state index in [0.29, 0.717) is 5.56 Å². The van der Waals surface area contributed by atoms with E-state index in [-0.39, 0.29) is 21.9 Å². The second-order valence-corrected chi connectivity index (χ2v) is 9.06. The van der Waals surface area contributed by atoms with Gasteiger partial charge in [0.1, 0.15) is 5.76 Å². The van der Waals surface area contributed by atoms with Gasteiger partial charge < -0.3 is 4.42 Å². The van der Waals surface area contributed by atoms with E-state index in [2.05, 4.69) is 4.72 Å². The molecule has 0 atom stereocenters. The average Bonchev–Trinajstić information content (AvgIpc) is 3.17. The Kier molecular flexibility index (Phi) is 5.17. The van der Waals surface area contributed by atoms with Crippen molar-refractivity contribution >= 4 is 31.5 Å². The molecule has 10 nitrogen and oxygen atoms in total. The minimum atomic E-state index is -4.66. The molecule has 0 aliphatic carbocycles. The predicted octanol–water partition coefficient (Wildman–Crippen LogP) is 3.21. The molecule has 1 heterocycles. The molecule has 3 aromatic rings. The fraction of sp³-hybridized carbons (Fsp3) is 0.0588. The smallest absolute Gasteiger partial charge is 0.294 e. The van der Waals surface area contributed by atoms with Gasteiger partial charge in [-0.1, -0.05) is 6.07 Å². The molecule has 0 amide bonds. The zero-order chi connectivity index (χ0) is 21.4. The monoisotopic (exact) mass is 438 g/mol. The largest absolute Gasteiger partial charge is 0.464 e. The van der Waals surface area contributed by atoms with Gasteiger partial charge in [0.15, 0.2) is 0 Å². The van der Waals surface area contributed by atoms with Crippen molar-refractivity contribution < 1.29 is 30.7 Å². The van der Waals surface area contributed by atoms with Gasteiger partial charge in [0, 0.05) is 17.7 Å². The Hall–Kier alpha value is -3.22. The lowest BCUT2D eigenvalue weighted by Gasteiger charge is -2.14. The van der Waals surface area contributed by atoms with E-state index in [4.69, 9.17) is 4.42 Å². The maximum atomic E-state index is 12.7. The van der Waals surface area contributed by atoms with E-state index in [1.807, 2.05) is 0 Å². The van der Waals surface area contributed by atoms with Crippen molar-refractivity contribution in [3.05, 3.63) is 70.5 Å². The summed E-state index contributed by atoms with van der Waals surface area (Å²) >= 11 is 0. The number of rotatable bonds is 6. The average molecular weight is 438 g/mol. The van der Waals surface area contributed by atoms with Crippen molar-refractivity contribution in [2.45, 2.75) is 16.7 Å². The van der Waals surface area contributed by atoms with Crippen LogP contribution >= 0.6 is 0 Å². The highest BCUT2D eigenvalue weighted by molar-refractivity contribution is 7.92. The van der Waals surface area contributed by atoms with Gasteiger partial charge >= 0.3 is 0 Å². The van der Waals surface area contributed by atoms with Gasteiger partial charge in [0.25, 0.3) is 25.8 Å². The molecule has 0 aliphatic heterocycles. The zero-order valence-electron chi connectivity index (χ0n) is 14.8. The molecule has 29 heavy (non-hydrogen) atoms. The van der Waals surface area contributed by atoms with Crippen LogP contribution in [0, 0.1) is 17.0 Å². The van der Waals surface area contributed by atoms with Gasteiger partial charge in [-0.15, -0.1) is 0 Å². The van der Waals surface area contributed by atoms with Crippen molar-refractivity contribution in [3.8, 4) is 11.3 Å². The number of nitrogens with zero attached hydrogens (tertiary/aromatic N) is 1. The number of benzene rings is 2. The number of sulfonamides is 1. The molecule has 0 unspecified atom stereocenters. The lowest BCUT2D eigenvalue weighted by Crippen LogP contribution is -2.15. The maximum absolute atomic E-state index is 12.7. The Morgan fingerprint density at radius 3 is 2.34 bits per heavy atom. The van der Waals surface area contributed by atoms with Crippen molar-refractivity contribution in [2.24, 2.45) is 0 Å².